The highest BCUT2D eigenvalue weighted by Gasteiger charge is 2.24. The fourth-order valence-electron chi connectivity index (χ4n) is 3.71. The third-order valence-corrected chi connectivity index (χ3v) is 5.56. The van der Waals surface area contributed by atoms with Gasteiger partial charge in [0.1, 0.15) is 28.9 Å². The summed E-state index contributed by atoms with van der Waals surface area (Å²) in [5.74, 6) is 1.04. The molecular weight excluding hydrogens is 478 g/mol. The van der Waals surface area contributed by atoms with Gasteiger partial charge in [0, 0.05) is 29.0 Å². The fraction of sp³-hybridized carbons (Fsp3) is 0.111. The average molecular weight is 499 g/mol. The lowest BCUT2D eigenvalue weighted by Crippen LogP contribution is -1.94. The van der Waals surface area contributed by atoms with Crippen molar-refractivity contribution in [2.24, 2.45) is 4.99 Å². The summed E-state index contributed by atoms with van der Waals surface area (Å²) < 4.78 is 21.6. The zero-order valence-electron chi connectivity index (χ0n) is 20.1. The van der Waals surface area contributed by atoms with Gasteiger partial charge in [0.25, 0.3) is 0 Å². The molecule has 0 unspecified atom stereocenters. The fourth-order valence-corrected chi connectivity index (χ4v) is 3.71. The zero-order chi connectivity index (χ0) is 26.5. The normalized spacial score (nSPS) is 10.8. The highest BCUT2D eigenvalue weighted by Crippen LogP contribution is 2.43. The number of rotatable bonds is 8. The molecule has 186 valence electrons. The molecule has 0 aliphatic rings. The molecule has 0 saturated carbocycles. The maximum absolute atomic E-state index is 11.3. The Morgan fingerprint density at radius 2 is 1.57 bits per heavy atom. The van der Waals surface area contributed by atoms with Gasteiger partial charge in [0.15, 0.2) is 5.75 Å². The molecule has 0 spiro atoms. The van der Waals surface area contributed by atoms with Crippen molar-refractivity contribution in [2.45, 2.75) is 0 Å². The number of benzene rings is 3. The molecule has 3 aromatic carbocycles. The molecule has 0 bridgehead atoms. The van der Waals surface area contributed by atoms with Crippen LogP contribution in [0.5, 0.6) is 23.0 Å². The summed E-state index contributed by atoms with van der Waals surface area (Å²) in [4.78, 5) is 14.9. The SMILES string of the molecule is COc1ccc(-c2oc(/N=C/c3cc(OC)c(O)c([N+](=O)[O-])c3)c(C#N)c2-c2ccc(OC)cc2)cc1. The number of nitrogens with zero attached hydrogens (tertiary/aromatic N) is 3. The number of aromatic hydroxyl groups is 1. The van der Waals surface area contributed by atoms with E-state index in [1.54, 1.807) is 62.8 Å². The average Bonchev–Trinajstić information content (AvgIpc) is 3.30. The summed E-state index contributed by atoms with van der Waals surface area (Å²) in [5, 5.41) is 31.4. The lowest BCUT2D eigenvalue weighted by Gasteiger charge is -2.06. The van der Waals surface area contributed by atoms with Gasteiger partial charge < -0.3 is 23.7 Å². The second-order valence-electron chi connectivity index (χ2n) is 7.66. The van der Waals surface area contributed by atoms with Crippen LogP contribution in [-0.2, 0) is 0 Å². The van der Waals surface area contributed by atoms with E-state index in [2.05, 4.69) is 11.1 Å². The number of nitro benzene ring substituents is 1. The third kappa shape index (κ3) is 4.92. The minimum absolute atomic E-state index is 0.00818. The molecule has 10 nitrogen and oxygen atoms in total. The van der Waals surface area contributed by atoms with Crippen LogP contribution >= 0.6 is 0 Å². The first kappa shape index (κ1) is 24.8. The molecule has 0 radical (unpaired) electrons. The predicted octanol–water partition coefficient (Wildman–Crippen LogP) is 5.88. The van der Waals surface area contributed by atoms with Crippen molar-refractivity contribution in [1.29, 1.82) is 5.26 Å². The van der Waals surface area contributed by atoms with Crippen LogP contribution < -0.4 is 14.2 Å². The van der Waals surface area contributed by atoms with Gasteiger partial charge in [-0.05, 0) is 48.0 Å². The van der Waals surface area contributed by atoms with Gasteiger partial charge in [-0.2, -0.15) is 5.26 Å². The molecule has 0 fully saturated rings. The number of aliphatic imine (C=N–C) groups is 1. The molecule has 1 heterocycles. The van der Waals surface area contributed by atoms with E-state index in [0.29, 0.717) is 33.9 Å². The summed E-state index contributed by atoms with van der Waals surface area (Å²) in [6.45, 7) is 0. The molecule has 0 aliphatic carbocycles. The maximum atomic E-state index is 11.3. The van der Waals surface area contributed by atoms with Gasteiger partial charge in [-0.25, -0.2) is 4.99 Å². The smallest absolute Gasteiger partial charge is 0.315 e. The molecule has 1 aromatic heterocycles. The third-order valence-electron chi connectivity index (χ3n) is 5.56. The molecule has 0 aliphatic heterocycles. The lowest BCUT2D eigenvalue weighted by atomic mass is 9.98. The topological polar surface area (TPSA) is 140 Å². The molecule has 0 amide bonds. The van der Waals surface area contributed by atoms with Gasteiger partial charge in [-0.1, -0.05) is 12.1 Å². The van der Waals surface area contributed by atoms with Gasteiger partial charge in [-0.3, -0.25) is 10.1 Å². The first-order valence-corrected chi connectivity index (χ1v) is 10.8. The van der Waals surface area contributed by atoms with Crippen molar-refractivity contribution in [3.8, 4) is 51.5 Å². The van der Waals surface area contributed by atoms with Crippen LogP contribution in [0.2, 0.25) is 0 Å². The van der Waals surface area contributed by atoms with Crippen molar-refractivity contribution in [1.82, 2.24) is 0 Å². The van der Waals surface area contributed by atoms with Crippen LogP contribution in [0.1, 0.15) is 11.1 Å². The van der Waals surface area contributed by atoms with Crippen molar-refractivity contribution in [2.75, 3.05) is 21.3 Å². The van der Waals surface area contributed by atoms with E-state index < -0.39 is 16.4 Å². The highest BCUT2D eigenvalue weighted by atomic mass is 16.6. The minimum Gasteiger partial charge on any atom is -0.500 e. The summed E-state index contributed by atoms with van der Waals surface area (Å²) >= 11 is 0. The van der Waals surface area contributed by atoms with E-state index in [-0.39, 0.29) is 22.8 Å². The first-order chi connectivity index (χ1) is 17.9. The van der Waals surface area contributed by atoms with Crippen LogP contribution in [-0.4, -0.2) is 37.6 Å². The number of furan rings is 1. The Kier molecular flexibility index (Phi) is 7.06. The molecular formula is C27H21N3O7. The van der Waals surface area contributed by atoms with Crippen LogP contribution in [0.15, 0.2) is 70.1 Å². The molecule has 1 N–H and O–H groups in total. The minimum atomic E-state index is -0.730. The highest BCUT2D eigenvalue weighted by molar-refractivity contribution is 5.90. The van der Waals surface area contributed by atoms with E-state index in [1.807, 2.05) is 0 Å². The molecule has 0 saturated heterocycles. The molecule has 4 rings (SSSR count). The predicted molar refractivity (Wildman–Crippen MR) is 136 cm³/mol. The Hall–Kier alpha value is -5.30. The summed E-state index contributed by atoms with van der Waals surface area (Å²) in [6, 6.07) is 19.0. The monoisotopic (exact) mass is 499 g/mol. The molecule has 4 aromatic rings. The van der Waals surface area contributed by atoms with Crippen molar-refractivity contribution in [3.63, 3.8) is 0 Å². The largest absolute Gasteiger partial charge is 0.500 e. The van der Waals surface area contributed by atoms with E-state index in [9.17, 15) is 20.5 Å². The Morgan fingerprint density at radius 3 is 2.08 bits per heavy atom. The standard InChI is InChI=1S/C27H21N3O7/c1-34-19-8-4-17(5-9-19)24-21(14-28)27(37-26(24)18-6-10-20(35-2)11-7-18)29-15-16-12-22(30(32)33)25(31)23(13-16)36-3/h4-13,15,31H,1-3H3/b29-15+. The number of phenols is 1. The number of ether oxygens (including phenoxy) is 3. The van der Waals surface area contributed by atoms with Crippen LogP contribution in [0, 0.1) is 21.4 Å². The zero-order valence-corrected chi connectivity index (χ0v) is 20.1. The van der Waals surface area contributed by atoms with Crippen LogP contribution in [0.3, 0.4) is 0 Å². The van der Waals surface area contributed by atoms with Crippen molar-refractivity contribution < 1.29 is 28.7 Å². The van der Waals surface area contributed by atoms with E-state index in [1.165, 1.54) is 19.4 Å². The second-order valence-corrected chi connectivity index (χ2v) is 7.66. The van der Waals surface area contributed by atoms with Gasteiger partial charge in [0.2, 0.25) is 11.6 Å². The summed E-state index contributed by atoms with van der Waals surface area (Å²) in [6.07, 6.45) is 1.30. The number of nitriles is 1. The Bertz CT molecular complexity index is 1520. The van der Waals surface area contributed by atoms with Gasteiger partial charge in [0.05, 0.1) is 26.3 Å². The Morgan fingerprint density at radius 1 is 0.973 bits per heavy atom. The number of nitro groups is 1. The number of hydrogen-bond donors (Lipinski definition) is 1. The second kappa shape index (κ2) is 10.5. The van der Waals surface area contributed by atoms with Crippen LogP contribution in [0.4, 0.5) is 11.6 Å². The van der Waals surface area contributed by atoms with Crippen molar-refractivity contribution in [3.05, 3.63) is 81.9 Å². The van der Waals surface area contributed by atoms with Gasteiger partial charge in [-0.15, -0.1) is 0 Å². The number of methoxy groups -OCH3 is 3. The van der Waals surface area contributed by atoms with Crippen molar-refractivity contribution >= 4 is 17.8 Å². The van der Waals surface area contributed by atoms with Crippen LogP contribution in [0.25, 0.3) is 22.5 Å². The lowest BCUT2D eigenvalue weighted by molar-refractivity contribution is -0.386. The number of hydrogen-bond acceptors (Lipinski definition) is 9. The molecule has 0 atom stereocenters. The Labute approximate surface area is 211 Å². The van der Waals surface area contributed by atoms with E-state index >= 15 is 0 Å². The maximum Gasteiger partial charge on any atom is 0.315 e. The van der Waals surface area contributed by atoms with E-state index in [4.69, 9.17) is 18.6 Å². The van der Waals surface area contributed by atoms with Gasteiger partial charge >= 0.3 is 5.69 Å². The Balaban J connectivity index is 1.87. The first-order valence-electron chi connectivity index (χ1n) is 10.8. The number of phenolic OH excluding ortho intramolecular Hbond substituents is 1. The summed E-state index contributed by atoms with van der Waals surface area (Å²) in [7, 11) is 4.40. The molecule has 10 heteroatoms. The quantitative estimate of drug-likeness (QED) is 0.180. The van der Waals surface area contributed by atoms with E-state index in [0.717, 1.165) is 6.07 Å². The summed E-state index contributed by atoms with van der Waals surface area (Å²) in [5.41, 5.74) is 1.81. The molecule has 37 heavy (non-hydrogen) atoms.